The van der Waals surface area contributed by atoms with Gasteiger partial charge in [0.25, 0.3) is 0 Å². The molecule has 21 heavy (non-hydrogen) atoms. The van der Waals surface area contributed by atoms with Crippen LogP contribution in [-0.2, 0) is 6.18 Å². The standard InChI is InChI=1S/C13H8F3N3S2/c14-13(15,16)11-5-9(18-19-11)8-2-1-7(6-17-8)10-3-4-12(20)21-10/h1-6,20H,(H,18,19). The van der Waals surface area contributed by atoms with Crippen LogP contribution < -0.4 is 0 Å². The molecule has 0 saturated heterocycles. The van der Waals surface area contributed by atoms with Gasteiger partial charge in [0.05, 0.1) is 9.90 Å². The lowest BCUT2D eigenvalue weighted by molar-refractivity contribution is -0.141. The van der Waals surface area contributed by atoms with Crippen molar-refractivity contribution in [2.75, 3.05) is 0 Å². The Hall–Kier alpha value is -1.80. The van der Waals surface area contributed by atoms with Crippen LogP contribution in [0.3, 0.4) is 0 Å². The van der Waals surface area contributed by atoms with Gasteiger partial charge in [-0.25, -0.2) is 0 Å². The van der Waals surface area contributed by atoms with Crippen molar-refractivity contribution in [1.29, 1.82) is 0 Å². The van der Waals surface area contributed by atoms with Crippen LogP contribution in [0.5, 0.6) is 0 Å². The van der Waals surface area contributed by atoms with Crippen molar-refractivity contribution in [3.63, 3.8) is 0 Å². The van der Waals surface area contributed by atoms with Crippen molar-refractivity contribution in [1.82, 2.24) is 15.2 Å². The molecular formula is C13H8F3N3S2. The summed E-state index contributed by atoms with van der Waals surface area (Å²) in [6.45, 7) is 0. The summed E-state index contributed by atoms with van der Waals surface area (Å²) >= 11 is 5.74. The largest absolute Gasteiger partial charge is 0.432 e. The Kier molecular flexibility index (Phi) is 3.50. The molecule has 0 bridgehead atoms. The van der Waals surface area contributed by atoms with Gasteiger partial charge in [-0.05, 0) is 30.3 Å². The van der Waals surface area contributed by atoms with Gasteiger partial charge in [-0.2, -0.15) is 18.3 Å². The van der Waals surface area contributed by atoms with Crippen molar-refractivity contribution in [3.05, 3.63) is 42.2 Å². The molecule has 0 aliphatic heterocycles. The minimum absolute atomic E-state index is 0.162. The molecule has 0 saturated carbocycles. The zero-order chi connectivity index (χ0) is 15.0. The summed E-state index contributed by atoms with van der Waals surface area (Å²) in [7, 11) is 0. The van der Waals surface area contributed by atoms with Gasteiger partial charge < -0.3 is 0 Å². The van der Waals surface area contributed by atoms with Crippen LogP contribution in [0.15, 0.2) is 40.7 Å². The molecule has 3 heterocycles. The Morgan fingerprint density at radius 2 is 1.90 bits per heavy atom. The van der Waals surface area contributed by atoms with Gasteiger partial charge in [-0.15, -0.1) is 24.0 Å². The molecule has 0 aliphatic carbocycles. The van der Waals surface area contributed by atoms with E-state index < -0.39 is 11.9 Å². The summed E-state index contributed by atoms with van der Waals surface area (Å²) in [6, 6.07) is 8.17. The van der Waals surface area contributed by atoms with Gasteiger partial charge in [0, 0.05) is 16.6 Å². The number of thiol groups is 1. The number of hydrogen-bond acceptors (Lipinski definition) is 4. The fourth-order valence-electron chi connectivity index (χ4n) is 1.77. The lowest BCUT2D eigenvalue weighted by atomic mass is 10.2. The average molecular weight is 327 g/mol. The Balaban J connectivity index is 1.89. The van der Waals surface area contributed by atoms with E-state index in [0.29, 0.717) is 5.69 Å². The van der Waals surface area contributed by atoms with E-state index in [1.54, 1.807) is 18.3 Å². The third kappa shape index (κ3) is 2.96. The first-order valence-corrected chi connectivity index (χ1v) is 7.08. The summed E-state index contributed by atoms with van der Waals surface area (Å²) in [6.07, 6.45) is -2.83. The van der Waals surface area contributed by atoms with Crippen LogP contribution in [0.25, 0.3) is 21.8 Å². The number of alkyl halides is 3. The molecule has 0 radical (unpaired) electrons. The number of nitrogens with one attached hydrogen (secondary N) is 1. The molecule has 0 amide bonds. The lowest BCUT2D eigenvalue weighted by Gasteiger charge is -2.00. The fourth-order valence-corrected chi connectivity index (χ4v) is 2.88. The third-order valence-electron chi connectivity index (χ3n) is 2.79. The molecule has 8 heteroatoms. The molecule has 1 N–H and O–H groups in total. The van der Waals surface area contributed by atoms with E-state index in [2.05, 4.69) is 22.7 Å². The van der Waals surface area contributed by atoms with E-state index in [1.807, 2.05) is 17.2 Å². The quantitative estimate of drug-likeness (QED) is 0.680. The van der Waals surface area contributed by atoms with Crippen molar-refractivity contribution >= 4 is 24.0 Å². The van der Waals surface area contributed by atoms with Crippen molar-refractivity contribution < 1.29 is 13.2 Å². The molecular weight excluding hydrogens is 319 g/mol. The lowest BCUT2D eigenvalue weighted by Crippen LogP contribution is -2.04. The summed E-state index contributed by atoms with van der Waals surface area (Å²) < 4.78 is 38.4. The van der Waals surface area contributed by atoms with E-state index in [9.17, 15) is 13.2 Å². The zero-order valence-corrected chi connectivity index (χ0v) is 12.1. The molecule has 3 aromatic heterocycles. The number of hydrogen-bond donors (Lipinski definition) is 2. The van der Waals surface area contributed by atoms with Crippen LogP contribution in [0.2, 0.25) is 0 Å². The number of nitrogens with zero attached hydrogens (tertiary/aromatic N) is 2. The molecule has 0 atom stereocenters. The first-order chi connectivity index (χ1) is 9.93. The summed E-state index contributed by atoms with van der Waals surface area (Å²) in [5, 5.41) is 5.61. The minimum Gasteiger partial charge on any atom is -0.273 e. The highest BCUT2D eigenvalue weighted by Gasteiger charge is 2.33. The Morgan fingerprint density at radius 3 is 2.43 bits per heavy atom. The summed E-state index contributed by atoms with van der Waals surface area (Å²) in [5.41, 5.74) is 0.542. The van der Waals surface area contributed by atoms with Crippen molar-refractivity contribution in [2.24, 2.45) is 0 Å². The highest BCUT2D eigenvalue weighted by Crippen LogP contribution is 2.32. The van der Waals surface area contributed by atoms with E-state index in [4.69, 9.17) is 0 Å². The third-order valence-corrected chi connectivity index (χ3v) is 4.15. The molecule has 0 fully saturated rings. The maximum absolute atomic E-state index is 12.5. The molecule has 0 aliphatic rings. The predicted octanol–water partition coefficient (Wildman–Crippen LogP) is 4.51. The maximum Gasteiger partial charge on any atom is 0.432 e. The fraction of sp³-hybridized carbons (Fsp3) is 0.0769. The normalized spacial score (nSPS) is 11.8. The SMILES string of the molecule is FC(F)(F)c1cc(-c2ccc(-c3ccc(S)s3)cn2)n[nH]1. The molecule has 3 aromatic rings. The first kappa shape index (κ1) is 14.2. The molecule has 3 nitrogen and oxygen atoms in total. The van der Waals surface area contributed by atoms with Gasteiger partial charge in [0.1, 0.15) is 11.4 Å². The topological polar surface area (TPSA) is 41.6 Å². The average Bonchev–Trinajstić information content (AvgIpc) is 3.07. The van der Waals surface area contributed by atoms with E-state index in [1.165, 1.54) is 11.3 Å². The number of thiophene rings is 1. The van der Waals surface area contributed by atoms with Gasteiger partial charge >= 0.3 is 6.18 Å². The van der Waals surface area contributed by atoms with E-state index in [0.717, 1.165) is 20.7 Å². The molecule has 3 rings (SSSR count). The van der Waals surface area contributed by atoms with Crippen LogP contribution >= 0.6 is 24.0 Å². The highest BCUT2D eigenvalue weighted by molar-refractivity contribution is 7.83. The van der Waals surface area contributed by atoms with Crippen LogP contribution in [-0.4, -0.2) is 15.2 Å². The second-order valence-electron chi connectivity index (χ2n) is 4.23. The Morgan fingerprint density at radius 1 is 1.10 bits per heavy atom. The number of pyridine rings is 1. The maximum atomic E-state index is 12.5. The number of H-pyrrole nitrogens is 1. The predicted molar refractivity (Wildman–Crippen MR) is 77.4 cm³/mol. The zero-order valence-electron chi connectivity index (χ0n) is 10.3. The van der Waals surface area contributed by atoms with Crippen LogP contribution in [0.1, 0.15) is 5.69 Å². The van der Waals surface area contributed by atoms with Gasteiger partial charge in [-0.1, -0.05) is 0 Å². The van der Waals surface area contributed by atoms with Gasteiger partial charge in [-0.3, -0.25) is 10.1 Å². The van der Waals surface area contributed by atoms with Crippen molar-refractivity contribution in [2.45, 2.75) is 10.4 Å². The van der Waals surface area contributed by atoms with Crippen LogP contribution in [0, 0.1) is 0 Å². The number of aromatic nitrogens is 3. The second-order valence-corrected chi connectivity index (χ2v) is 6.10. The Labute approximate surface area is 127 Å². The summed E-state index contributed by atoms with van der Waals surface area (Å²) in [4.78, 5) is 5.16. The van der Waals surface area contributed by atoms with Crippen LogP contribution in [0.4, 0.5) is 13.2 Å². The highest BCUT2D eigenvalue weighted by atomic mass is 32.2. The minimum atomic E-state index is -4.44. The molecule has 108 valence electrons. The second kappa shape index (κ2) is 5.19. The summed E-state index contributed by atoms with van der Waals surface area (Å²) in [5.74, 6) is 0. The number of rotatable bonds is 2. The molecule has 0 spiro atoms. The van der Waals surface area contributed by atoms with Gasteiger partial charge in [0.15, 0.2) is 0 Å². The smallest absolute Gasteiger partial charge is 0.273 e. The van der Waals surface area contributed by atoms with Gasteiger partial charge in [0.2, 0.25) is 0 Å². The van der Waals surface area contributed by atoms with Crippen molar-refractivity contribution in [3.8, 4) is 21.8 Å². The Bertz CT molecular complexity index is 760. The van der Waals surface area contributed by atoms with E-state index in [-0.39, 0.29) is 5.69 Å². The number of aromatic amines is 1. The number of halogens is 3. The monoisotopic (exact) mass is 327 g/mol. The van der Waals surface area contributed by atoms with E-state index >= 15 is 0 Å². The molecule has 0 aromatic carbocycles. The molecule has 0 unspecified atom stereocenters. The first-order valence-electron chi connectivity index (χ1n) is 5.82.